The molecule has 1 atom stereocenters. The maximum absolute atomic E-state index is 10.5. The van der Waals surface area contributed by atoms with Crippen LogP contribution in [-0.4, -0.2) is 22.0 Å². The average molecular weight is 250 g/mol. The fourth-order valence-corrected chi connectivity index (χ4v) is 2.03. The first-order valence-corrected chi connectivity index (χ1v) is 6.00. The van der Waals surface area contributed by atoms with Crippen molar-refractivity contribution in [3.05, 3.63) is 35.5 Å². The van der Waals surface area contributed by atoms with Crippen LogP contribution in [0, 0.1) is 6.92 Å². The van der Waals surface area contributed by atoms with Crippen molar-refractivity contribution >= 4 is 0 Å². The Labute approximate surface area is 106 Å². The molecular formula is C13H18N2O3. The van der Waals surface area contributed by atoms with Crippen molar-refractivity contribution in [2.75, 3.05) is 7.11 Å². The van der Waals surface area contributed by atoms with Gasteiger partial charge in [0.25, 0.3) is 0 Å². The molecule has 2 aromatic rings. The molecule has 0 aromatic carbocycles. The van der Waals surface area contributed by atoms with Crippen molar-refractivity contribution in [3.8, 4) is 5.75 Å². The predicted octanol–water partition coefficient (Wildman–Crippen LogP) is 2.28. The van der Waals surface area contributed by atoms with Crippen molar-refractivity contribution in [3.63, 3.8) is 0 Å². The highest BCUT2D eigenvalue weighted by molar-refractivity contribution is 5.35. The summed E-state index contributed by atoms with van der Waals surface area (Å²) in [4.78, 5) is 0. The smallest absolute Gasteiger partial charge is 0.163 e. The summed E-state index contributed by atoms with van der Waals surface area (Å²) in [5, 5.41) is 14.7. The second-order valence-corrected chi connectivity index (χ2v) is 4.16. The van der Waals surface area contributed by atoms with Crippen LogP contribution in [0.25, 0.3) is 0 Å². The van der Waals surface area contributed by atoms with E-state index in [4.69, 9.17) is 9.15 Å². The topological polar surface area (TPSA) is 60.4 Å². The molecule has 0 fully saturated rings. The van der Waals surface area contributed by atoms with Gasteiger partial charge in [0.1, 0.15) is 17.6 Å². The molecule has 0 bridgehead atoms. The molecule has 1 unspecified atom stereocenters. The van der Waals surface area contributed by atoms with Gasteiger partial charge in [-0.05, 0) is 19.4 Å². The van der Waals surface area contributed by atoms with Crippen LogP contribution in [0.15, 0.2) is 22.9 Å². The number of methoxy groups -OCH3 is 1. The lowest BCUT2D eigenvalue weighted by atomic mass is 10.1. The summed E-state index contributed by atoms with van der Waals surface area (Å²) in [6, 6.07) is 1.77. The van der Waals surface area contributed by atoms with E-state index in [-0.39, 0.29) is 0 Å². The van der Waals surface area contributed by atoms with E-state index in [1.165, 1.54) is 0 Å². The first-order chi connectivity index (χ1) is 8.69. The van der Waals surface area contributed by atoms with Gasteiger partial charge in [0.2, 0.25) is 0 Å². The average Bonchev–Trinajstić information content (AvgIpc) is 2.95. The first kappa shape index (κ1) is 12.7. The molecule has 0 aliphatic rings. The van der Waals surface area contributed by atoms with Gasteiger partial charge < -0.3 is 14.3 Å². The zero-order valence-corrected chi connectivity index (χ0v) is 10.9. The molecular weight excluding hydrogens is 232 g/mol. The molecule has 2 aromatic heterocycles. The summed E-state index contributed by atoms with van der Waals surface area (Å²) in [5.74, 6) is 1.30. The third-order valence-corrected chi connectivity index (χ3v) is 2.95. The van der Waals surface area contributed by atoms with Gasteiger partial charge in [0.05, 0.1) is 19.6 Å². The van der Waals surface area contributed by atoms with Crippen molar-refractivity contribution in [2.24, 2.45) is 0 Å². The molecule has 18 heavy (non-hydrogen) atoms. The molecule has 2 heterocycles. The van der Waals surface area contributed by atoms with Crippen molar-refractivity contribution in [2.45, 2.75) is 32.9 Å². The minimum atomic E-state index is -0.784. The van der Waals surface area contributed by atoms with E-state index < -0.39 is 6.10 Å². The highest BCUT2D eigenvalue weighted by atomic mass is 16.5. The summed E-state index contributed by atoms with van der Waals surface area (Å²) >= 11 is 0. The Morgan fingerprint density at radius 2 is 2.33 bits per heavy atom. The zero-order valence-electron chi connectivity index (χ0n) is 10.9. The Bertz CT molecular complexity index is 516. The van der Waals surface area contributed by atoms with Crippen LogP contribution in [0.5, 0.6) is 5.75 Å². The number of furan rings is 1. The summed E-state index contributed by atoms with van der Waals surface area (Å²) in [6.45, 7) is 4.63. The lowest BCUT2D eigenvalue weighted by Gasteiger charge is -2.14. The quantitative estimate of drug-likeness (QED) is 0.884. The number of ether oxygens (including phenoxy) is 1. The molecule has 0 aliphatic carbocycles. The maximum Gasteiger partial charge on any atom is 0.163 e. The molecule has 0 saturated carbocycles. The highest BCUT2D eigenvalue weighted by Crippen LogP contribution is 2.31. The number of rotatable bonds is 5. The van der Waals surface area contributed by atoms with E-state index in [2.05, 4.69) is 12.0 Å². The number of aryl methyl sites for hydroxylation is 2. The zero-order chi connectivity index (χ0) is 13.1. The molecule has 0 saturated heterocycles. The summed E-state index contributed by atoms with van der Waals surface area (Å²) in [5.41, 5.74) is 1.41. The number of aliphatic hydroxyl groups is 1. The van der Waals surface area contributed by atoms with Crippen LogP contribution >= 0.6 is 0 Å². The predicted molar refractivity (Wildman–Crippen MR) is 66.6 cm³/mol. The number of aromatic nitrogens is 2. The summed E-state index contributed by atoms with van der Waals surface area (Å²) in [7, 11) is 1.58. The number of nitrogens with zero attached hydrogens (tertiary/aromatic N) is 2. The monoisotopic (exact) mass is 250 g/mol. The van der Waals surface area contributed by atoms with Crippen LogP contribution in [0.3, 0.4) is 0 Å². The van der Waals surface area contributed by atoms with Crippen LogP contribution in [0.4, 0.5) is 0 Å². The molecule has 1 N–H and O–H groups in total. The third-order valence-electron chi connectivity index (χ3n) is 2.95. The van der Waals surface area contributed by atoms with Crippen molar-refractivity contribution in [1.82, 2.24) is 9.78 Å². The van der Waals surface area contributed by atoms with E-state index in [0.717, 1.165) is 18.5 Å². The van der Waals surface area contributed by atoms with E-state index in [0.29, 0.717) is 17.2 Å². The molecule has 2 rings (SSSR count). The standard InChI is InChI=1S/C13H18N2O3/c1-4-6-15-12(11(17-3)8-14-15)13(16)10-5-7-18-9(10)2/h5,7-8,13,16H,4,6H2,1-3H3. The minimum Gasteiger partial charge on any atom is -0.493 e. The van der Waals surface area contributed by atoms with Gasteiger partial charge in [0.15, 0.2) is 5.75 Å². The van der Waals surface area contributed by atoms with Gasteiger partial charge in [-0.3, -0.25) is 4.68 Å². The number of aliphatic hydroxyl groups excluding tert-OH is 1. The van der Waals surface area contributed by atoms with Gasteiger partial charge in [0, 0.05) is 12.1 Å². The van der Waals surface area contributed by atoms with Crippen LogP contribution in [0.2, 0.25) is 0 Å². The van der Waals surface area contributed by atoms with E-state index in [1.807, 2.05) is 6.92 Å². The summed E-state index contributed by atoms with van der Waals surface area (Å²) in [6.07, 6.45) is 3.35. The molecule has 98 valence electrons. The second-order valence-electron chi connectivity index (χ2n) is 4.16. The fraction of sp³-hybridized carbons (Fsp3) is 0.462. The number of hydrogen-bond donors (Lipinski definition) is 1. The molecule has 0 spiro atoms. The maximum atomic E-state index is 10.5. The van der Waals surface area contributed by atoms with E-state index in [9.17, 15) is 5.11 Å². The van der Waals surface area contributed by atoms with E-state index in [1.54, 1.807) is 30.3 Å². The van der Waals surface area contributed by atoms with Gasteiger partial charge >= 0.3 is 0 Å². The van der Waals surface area contributed by atoms with Gasteiger partial charge in [-0.15, -0.1) is 0 Å². The van der Waals surface area contributed by atoms with Gasteiger partial charge in [-0.25, -0.2) is 0 Å². The number of hydrogen-bond acceptors (Lipinski definition) is 4. The Morgan fingerprint density at radius 1 is 1.56 bits per heavy atom. The van der Waals surface area contributed by atoms with Crippen molar-refractivity contribution in [1.29, 1.82) is 0 Å². The molecule has 5 nitrogen and oxygen atoms in total. The van der Waals surface area contributed by atoms with Crippen molar-refractivity contribution < 1.29 is 14.3 Å². The molecule has 0 aliphatic heterocycles. The Kier molecular flexibility index (Phi) is 3.72. The third kappa shape index (κ3) is 2.13. The second kappa shape index (κ2) is 5.27. The Hall–Kier alpha value is -1.75. The minimum absolute atomic E-state index is 0.594. The fourth-order valence-electron chi connectivity index (χ4n) is 2.03. The first-order valence-electron chi connectivity index (χ1n) is 6.00. The normalized spacial score (nSPS) is 12.7. The summed E-state index contributed by atoms with van der Waals surface area (Å²) < 4.78 is 12.3. The Balaban J connectivity index is 2.42. The van der Waals surface area contributed by atoms with Crippen LogP contribution in [0.1, 0.15) is 36.5 Å². The highest BCUT2D eigenvalue weighted by Gasteiger charge is 2.23. The lowest BCUT2D eigenvalue weighted by molar-refractivity contribution is 0.200. The molecule has 0 radical (unpaired) electrons. The van der Waals surface area contributed by atoms with Crippen LogP contribution in [-0.2, 0) is 6.54 Å². The van der Waals surface area contributed by atoms with E-state index >= 15 is 0 Å². The Morgan fingerprint density at radius 3 is 2.89 bits per heavy atom. The molecule has 5 heteroatoms. The SMILES string of the molecule is CCCn1ncc(OC)c1C(O)c1ccoc1C. The van der Waals surface area contributed by atoms with Gasteiger partial charge in [-0.2, -0.15) is 5.10 Å². The lowest BCUT2D eigenvalue weighted by Crippen LogP contribution is -2.11. The van der Waals surface area contributed by atoms with Gasteiger partial charge in [-0.1, -0.05) is 6.92 Å². The largest absolute Gasteiger partial charge is 0.493 e. The molecule has 0 amide bonds. The van der Waals surface area contributed by atoms with Crippen LogP contribution < -0.4 is 4.74 Å².